The molecule has 4 nitrogen and oxygen atoms in total. The van der Waals surface area contributed by atoms with Crippen molar-refractivity contribution in [1.82, 2.24) is 0 Å². The van der Waals surface area contributed by atoms with Crippen LogP contribution < -0.4 is 0 Å². The summed E-state index contributed by atoms with van der Waals surface area (Å²) in [4.78, 5) is 2.44. The van der Waals surface area contributed by atoms with Gasteiger partial charge < -0.3 is 0 Å². The van der Waals surface area contributed by atoms with E-state index in [0.29, 0.717) is 25.7 Å². The van der Waals surface area contributed by atoms with E-state index in [2.05, 4.69) is 24.3 Å². The molecular formula is C18H16N4S6. The number of hydrogen-bond donors (Lipinski definition) is 0. The number of nitrogens with zero attached hydrogens (tertiary/aromatic N) is 4. The predicted octanol–water partition coefficient (Wildman–Crippen LogP) is 6.99. The smallest absolute Gasteiger partial charge is 0.0756 e. The van der Waals surface area contributed by atoms with Crippen molar-refractivity contribution in [3.8, 4) is 24.3 Å². The van der Waals surface area contributed by atoms with Gasteiger partial charge in [-0.1, -0.05) is 0 Å². The lowest BCUT2D eigenvalue weighted by Crippen LogP contribution is -1.79. The Labute approximate surface area is 190 Å². The quantitative estimate of drug-likeness (QED) is 0.237. The molecule has 2 heterocycles. The van der Waals surface area contributed by atoms with Gasteiger partial charge in [0.2, 0.25) is 0 Å². The van der Waals surface area contributed by atoms with E-state index in [1.807, 2.05) is 0 Å². The van der Waals surface area contributed by atoms with Gasteiger partial charge in [0, 0.05) is 58.5 Å². The zero-order valence-electron chi connectivity index (χ0n) is 14.9. The van der Waals surface area contributed by atoms with Crippen molar-refractivity contribution in [3.05, 3.63) is 0 Å². The second kappa shape index (κ2) is 13.3. The number of hydrogen-bond acceptors (Lipinski definition) is 10. The Morgan fingerprint density at radius 3 is 1.18 bits per heavy atom. The molecule has 0 aliphatic heterocycles. The first-order valence-electron chi connectivity index (χ1n) is 8.35. The standard InChI is InChI=1S/C18H16N4S6/c19-5-1-9-23-15-13-14(28-17(15)25-11-3-7-21)16(24-10-2-6-20)18(27-13)26-12-4-8-22/h1-4,9-12H2. The van der Waals surface area contributed by atoms with E-state index in [1.165, 1.54) is 27.6 Å². The van der Waals surface area contributed by atoms with Gasteiger partial charge in [-0.3, -0.25) is 0 Å². The van der Waals surface area contributed by atoms with Gasteiger partial charge in [0.05, 0.1) is 42.1 Å². The molecule has 0 bridgehead atoms. The SMILES string of the molecule is N#CCCSc1sc2c(SCCC#N)c(SCCC#N)sc2c1SCCC#N. The molecule has 10 heteroatoms. The van der Waals surface area contributed by atoms with Crippen LogP contribution in [-0.4, -0.2) is 23.0 Å². The summed E-state index contributed by atoms with van der Waals surface area (Å²) in [5.41, 5.74) is 0. The van der Waals surface area contributed by atoms with Crippen molar-refractivity contribution in [2.45, 2.75) is 43.9 Å². The highest BCUT2D eigenvalue weighted by Gasteiger charge is 2.22. The second-order valence-corrected chi connectivity index (χ2v) is 12.1. The van der Waals surface area contributed by atoms with Crippen molar-refractivity contribution in [2.24, 2.45) is 0 Å². The molecule has 0 fully saturated rings. The van der Waals surface area contributed by atoms with Gasteiger partial charge in [0.25, 0.3) is 0 Å². The van der Waals surface area contributed by atoms with Crippen LogP contribution in [0.4, 0.5) is 0 Å². The summed E-state index contributed by atoms with van der Waals surface area (Å²) in [7, 11) is 0. The fourth-order valence-corrected chi connectivity index (χ4v) is 10.4. The molecule has 28 heavy (non-hydrogen) atoms. The first kappa shape index (κ1) is 23.3. The van der Waals surface area contributed by atoms with E-state index in [-0.39, 0.29) is 0 Å². The molecule has 144 valence electrons. The predicted molar refractivity (Wildman–Crippen MR) is 124 cm³/mol. The highest BCUT2D eigenvalue weighted by molar-refractivity contribution is 8.05. The van der Waals surface area contributed by atoms with Crippen LogP contribution in [0.3, 0.4) is 0 Å². The monoisotopic (exact) mass is 480 g/mol. The summed E-state index contributed by atoms with van der Waals surface area (Å²) in [6.45, 7) is 0. The maximum absolute atomic E-state index is 8.88. The Kier molecular flexibility index (Phi) is 11.1. The van der Waals surface area contributed by atoms with Gasteiger partial charge in [-0.25, -0.2) is 0 Å². The minimum Gasteiger partial charge on any atom is -0.198 e. The molecule has 2 aromatic heterocycles. The van der Waals surface area contributed by atoms with Gasteiger partial charge >= 0.3 is 0 Å². The summed E-state index contributed by atoms with van der Waals surface area (Å²) in [6.07, 6.45) is 2.03. The summed E-state index contributed by atoms with van der Waals surface area (Å²) in [5.74, 6) is 3.02. The van der Waals surface area contributed by atoms with Gasteiger partial charge in [-0.2, -0.15) is 21.0 Å². The van der Waals surface area contributed by atoms with Crippen LogP contribution in [0.15, 0.2) is 18.2 Å². The Morgan fingerprint density at radius 2 is 0.857 bits per heavy atom. The molecule has 0 atom stereocenters. The summed E-state index contributed by atoms with van der Waals surface area (Å²) >= 11 is 10.4. The highest BCUT2D eigenvalue weighted by Crippen LogP contribution is 2.54. The van der Waals surface area contributed by atoms with Gasteiger partial charge in [0.15, 0.2) is 0 Å². The molecule has 2 aromatic rings. The Balaban J connectivity index is 2.39. The molecule has 0 aliphatic rings. The minimum atomic E-state index is 0.503. The molecule has 0 saturated heterocycles. The number of fused-ring (bicyclic) bond motifs is 1. The Morgan fingerprint density at radius 1 is 0.536 bits per heavy atom. The molecule has 0 saturated carbocycles. The fraction of sp³-hybridized carbons (Fsp3) is 0.444. The summed E-state index contributed by atoms with van der Waals surface area (Å²) in [5, 5.41) is 35.4. The number of rotatable bonds is 12. The first-order valence-corrected chi connectivity index (χ1v) is 13.9. The average molecular weight is 481 g/mol. The molecule has 0 aliphatic carbocycles. The van der Waals surface area contributed by atoms with Gasteiger partial charge in [-0.15, -0.1) is 69.7 Å². The van der Waals surface area contributed by atoms with Crippen molar-refractivity contribution < 1.29 is 0 Å². The van der Waals surface area contributed by atoms with Crippen molar-refractivity contribution in [1.29, 1.82) is 21.0 Å². The van der Waals surface area contributed by atoms with E-state index < -0.39 is 0 Å². The lowest BCUT2D eigenvalue weighted by atomic mass is 10.5. The molecule has 2 rings (SSSR count). The average Bonchev–Trinajstić information content (AvgIpc) is 3.19. The van der Waals surface area contributed by atoms with E-state index in [1.54, 1.807) is 69.7 Å². The Bertz CT molecular complexity index is 872. The molecule has 0 radical (unpaired) electrons. The van der Waals surface area contributed by atoms with Crippen LogP contribution in [0.2, 0.25) is 0 Å². The fourth-order valence-electron chi connectivity index (χ4n) is 2.07. The third-order valence-electron chi connectivity index (χ3n) is 3.19. The molecule has 0 unspecified atom stereocenters. The van der Waals surface area contributed by atoms with Crippen molar-refractivity contribution >= 4 is 79.1 Å². The minimum absolute atomic E-state index is 0.503. The first-order chi connectivity index (χ1) is 13.8. The van der Waals surface area contributed by atoms with Crippen LogP contribution >= 0.6 is 69.7 Å². The van der Waals surface area contributed by atoms with E-state index >= 15 is 0 Å². The third kappa shape index (κ3) is 6.53. The number of thioether (sulfide) groups is 4. The topological polar surface area (TPSA) is 95.2 Å². The van der Waals surface area contributed by atoms with Gasteiger partial charge in [0.1, 0.15) is 0 Å². The largest absolute Gasteiger partial charge is 0.198 e. The number of thiophene rings is 2. The zero-order valence-corrected chi connectivity index (χ0v) is 19.8. The molecular weight excluding hydrogens is 465 g/mol. The van der Waals surface area contributed by atoms with Crippen LogP contribution in [0.5, 0.6) is 0 Å². The second-order valence-electron chi connectivity index (χ2n) is 5.12. The molecule has 0 amide bonds. The lowest BCUT2D eigenvalue weighted by molar-refractivity contribution is 1.23. The van der Waals surface area contributed by atoms with Crippen LogP contribution in [-0.2, 0) is 0 Å². The lowest BCUT2D eigenvalue weighted by Gasteiger charge is -2.03. The van der Waals surface area contributed by atoms with E-state index in [9.17, 15) is 0 Å². The molecule has 0 N–H and O–H groups in total. The highest BCUT2D eigenvalue weighted by atomic mass is 32.2. The third-order valence-corrected chi connectivity index (χ3v) is 11.3. The van der Waals surface area contributed by atoms with Crippen LogP contribution in [0, 0.1) is 45.3 Å². The van der Waals surface area contributed by atoms with Crippen molar-refractivity contribution in [2.75, 3.05) is 23.0 Å². The maximum atomic E-state index is 8.88. The van der Waals surface area contributed by atoms with E-state index in [4.69, 9.17) is 21.0 Å². The summed E-state index contributed by atoms with van der Waals surface area (Å²) in [6, 6.07) is 8.79. The molecule has 0 spiro atoms. The number of nitriles is 4. The van der Waals surface area contributed by atoms with Gasteiger partial charge in [-0.05, 0) is 0 Å². The maximum Gasteiger partial charge on any atom is 0.0756 e. The van der Waals surface area contributed by atoms with E-state index in [0.717, 1.165) is 23.0 Å². The Hall–Kier alpha value is -0.980. The molecule has 0 aromatic carbocycles. The summed E-state index contributed by atoms with van der Waals surface area (Å²) < 4.78 is 4.92. The zero-order chi connectivity index (χ0) is 20.2. The normalized spacial score (nSPS) is 10.3. The van der Waals surface area contributed by atoms with Crippen molar-refractivity contribution in [3.63, 3.8) is 0 Å². The van der Waals surface area contributed by atoms with Crippen LogP contribution in [0.1, 0.15) is 25.7 Å². The van der Waals surface area contributed by atoms with Crippen LogP contribution in [0.25, 0.3) is 9.40 Å².